The summed E-state index contributed by atoms with van der Waals surface area (Å²) in [6.45, 7) is 5.96. The third-order valence-electron chi connectivity index (χ3n) is 2.65. The Hall–Kier alpha value is -0.830. The van der Waals surface area contributed by atoms with E-state index >= 15 is 0 Å². The molecule has 17 heavy (non-hydrogen) atoms. The summed E-state index contributed by atoms with van der Waals surface area (Å²) in [7, 11) is 0. The van der Waals surface area contributed by atoms with Crippen molar-refractivity contribution in [3.63, 3.8) is 0 Å². The van der Waals surface area contributed by atoms with Gasteiger partial charge in [-0.2, -0.15) is 0 Å². The molecule has 0 spiro atoms. The van der Waals surface area contributed by atoms with E-state index in [1.54, 1.807) is 0 Å². The Balaban J connectivity index is 2.79. The minimum Gasteiger partial charge on any atom is -0.354 e. The van der Waals surface area contributed by atoms with Crippen molar-refractivity contribution in [3.8, 4) is 0 Å². The van der Waals surface area contributed by atoms with E-state index < -0.39 is 0 Å². The van der Waals surface area contributed by atoms with Crippen molar-refractivity contribution in [3.05, 3.63) is 23.1 Å². The largest absolute Gasteiger partial charge is 0.354 e. The number of halogens is 2. The molecule has 0 aliphatic heterocycles. The van der Waals surface area contributed by atoms with Crippen LogP contribution in [-0.2, 0) is 0 Å². The van der Waals surface area contributed by atoms with Crippen LogP contribution in [0.15, 0.2) is 12.3 Å². The first-order chi connectivity index (χ1) is 8.19. The van der Waals surface area contributed by atoms with Gasteiger partial charge in [0.15, 0.2) is 11.6 Å². The first kappa shape index (κ1) is 14.2. The van der Waals surface area contributed by atoms with Gasteiger partial charge < -0.3 is 4.90 Å². The highest BCUT2D eigenvalue weighted by Crippen LogP contribution is 2.20. The lowest BCUT2D eigenvalue weighted by Crippen LogP contribution is -2.27. The van der Waals surface area contributed by atoms with E-state index in [-0.39, 0.29) is 5.82 Å². The molecule has 1 aromatic rings. The molecule has 0 fully saturated rings. The molecule has 1 rings (SSSR count). The number of anilines is 1. The smallest absolute Gasteiger partial charge is 0.167 e. The molecule has 1 heterocycles. The lowest BCUT2D eigenvalue weighted by atomic mass is 10.2. The first-order valence-corrected chi connectivity index (χ1v) is 6.62. The van der Waals surface area contributed by atoms with Gasteiger partial charge in [-0.05, 0) is 18.9 Å². The Labute approximate surface area is 108 Å². The molecule has 0 aromatic carbocycles. The summed E-state index contributed by atoms with van der Waals surface area (Å²) >= 11 is 5.71. The Bertz CT molecular complexity index is 336. The van der Waals surface area contributed by atoms with Gasteiger partial charge in [0.25, 0.3) is 0 Å². The van der Waals surface area contributed by atoms with Crippen LogP contribution in [0.1, 0.15) is 39.5 Å². The van der Waals surface area contributed by atoms with Crippen molar-refractivity contribution in [2.45, 2.75) is 39.5 Å². The summed E-state index contributed by atoms with van der Waals surface area (Å²) < 4.78 is 13.8. The second-order valence-corrected chi connectivity index (χ2v) is 4.59. The van der Waals surface area contributed by atoms with Gasteiger partial charge in [0.05, 0.1) is 5.02 Å². The molecule has 2 nitrogen and oxygen atoms in total. The Kier molecular flexibility index (Phi) is 6.27. The van der Waals surface area contributed by atoms with Crippen LogP contribution in [-0.4, -0.2) is 18.1 Å². The number of pyridine rings is 1. The highest BCUT2D eigenvalue weighted by atomic mass is 35.5. The molecule has 0 amide bonds. The van der Waals surface area contributed by atoms with E-state index in [4.69, 9.17) is 11.6 Å². The fourth-order valence-corrected chi connectivity index (χ4v) is 1.81. The number of hydrogen-bond acceptors (Lipinski definition) is 2. The molecule has 0 unspecified atom stereocenters. The molecule has 0 aliphatic carbocycles. The lowest BCUT2D eigenvalue weighted by Gasteiger charge is -2.23. The van der Waals surface area contributed by atoms with Crippen molar-refractivity contribution in [1.82, 2.24) is 4.98 Å². The fraction of sp³-hybridized carbons (Fsp3) is 0.615. The highest BCUT2D eigenvalue weighted by Gasteiger charge is 2.12. The maximum Gasteiger partial charge on any atom is 0.167 e. The summed E-state index contributed by atoms with van der Waals surface area (Å²) in [5, 5.41) is 0.345. The normalized spacial score (nSPS) is 10.6. The standard InChI is InChI=1S/C13H20ClFN2/c1-3-5-7-17(8-6-4-2)13-12(15)9-11(14)10-16-13/h9-10H,3-8H2,1-2H3. The van der Waals surface area contributed by atoms with Gasteiger partial charge in [-0.3, -0.25) is 0 Å². The molecule has 0 aliphatic rings. The zero-order valence-electron chi connectivity index (χ0n) is 10.5. The van der Waals surface area contributed by atoms with Gasteiger partial charge in [0, 0.05) is 19.3 Å². The molecule has 0 radical (unpaired) electrons. The average molecular weight is 259 g/mol. The van der Waals surface area contributed by atoms with Crippen molar-refractivity contribution in [1.29, 1.82) is 0 Å². The van der Waals surface area contributed by atoms with Gasteiger partial charge in [-0.25, -0.2) is 9.37 Å². The summed E-state index contributed by atoms with van der Waals surface area (Å²) in [5.74, 6) is 0.0982. The van der Waals surface area contributed by atoms with Crippen LogP contribution in [0.25, 0.3) is 0 Å². The SMILES string of the molecule is CCCCN(CCCC)c1ncc(Cl)cc1F. The maximum atomic E-state index is 13.8. The molecule has 0 bridgehead atoms. The van der Waals surface area contributed by atoms with E-state index in [2.05, 4.69) is 18.8 Å². The monoisotopic (exact) mass is 258 g/mol. The minimum atomic E-state index is -0.329. The van der Waals surface area contributed by atoms with Crippen LogP contribution in [0.4, 0.5) is 10.2 Å². The second kappa shape index (κ2) is 7.49. The fourth-order valence-electron chi connectivity index (χ4n) is 1.66. The van der Waals surface area contributed by atoms with Crippen LogP contribution < -0.4 is 4.90 Å². The Morgan fingerprint density at radius 3 is 2.29 bits per heavy atom. The molecule has 0 saturated heterocycles. The van der Waals surface area contributed by atoms with Crippen molar-refractivity contribution in [2.24, 2.45) is 0 Å². The van der Waals surface area contributed by atoms with Gasteiger partial charge in [-0.1, -0.05) is 38.3 Å². The van der Waals surface area contributed by atoms with Crippen LogP contribution in [0, 0.1) is 5.82 Å². The van der Waals surface area contributed by atoms with Crippen LogP contribution in [0.2, 0.25) is 5.02 Å². The number of unbranched alkanes of at least 4 members (excludes halogenated alkanes) is 2. The topological polar surface area (TPSA) is 16.1 Å². The Morgan fingerprint density at radius 1 is 1.24 bits per heavy atom. The number of hydrogen-bond donors (Lipinski definition) is 0. The quantitative estimate of drug-likeness (QED) is 0.726. The third-order valence-corrected chi connectivity index (χ3v) is 2.86. The predicted molar refractivity (Wildman–Crippen MR) is 71.2 cm³/mol. The van der Waals surface area contributed by atoms with E-state index in [9.17, 15) is 4.39 Å². The highest BCUT2D eigenvalue weighted by molar-refractivity contribution is 6.30. The number of aromatic nitrogens is 1. The molecule has 0 saturated carbocycles. The maximum absolute atomic E-state index is 13.8. The van der Waals surface area contributed by atoms with Crippen molar-refractivity contribution >= 4 is 17.4 Å². The summed E-state index contributed by atoms with van der Waals surface area (Å²) in [6, 6.07) is 1.33. The summed E-state index contributed by atoms with van der Waals surface area (Å²) in [5.41, 5.74) is 0. The van der Waals surface area contributed by atoms with Crippen LogP contribution in [0.3, 0.4) is 0 Å². The lowest BCUT2D eigenvalue weighted by molar-refractivity contribution is 0.595. The van der Waals surface area contributed by atoms with Crippen molar-refractivity contribution < 1.29 is 4.39 Å². The zero-order valence-corrected chi connectivity index (χ0v) is 11.3. The van der Waals surface area contributed by atoms with Gasteiger partial charge in [-0.15, -0.1) is 0 Å². The van der Waals surface area contributed by atoms with Crippen LogP contribution >= 0.6 is 11.6 Å². The predicted octanol–water partition coefficient (Wildman–Crippen LogP) is 4.28. The van der Waals surface area contributed by atoms with Gasteiger partial charge in [0.1, 0.15) is 0 Å². The van der Waals surface area contributed by atoms with Crippen LogP contribution in [0.5, 0.6) is 0 Å². The van der Waals surface area contributed by atoms with E-state index in [0.717, 1.165) is 38.8 Å². The molecule has 96 valence electrons. The zero-order chi connectivity index (χ0) is 12.7. The Morgan fingerprint density at radius 2 is 1.82 bits per heavy atom. The van der Waals surface area contributed by atoms with Gasteiger partial charge >= 0.3 is 0 Å². The molecular formula is C13H20ClFN2. The summed E-state index contributed by atoms with van der Waals surface area (Å²) in [4.78, 5) is 6.12. The molecule has 1 aromatic heterocycles. The average Bonchev–Trinajstić information content (AvgIpc) is 2.30. The van der Waals surface area contributed by atoms with E-state index in [0.29, 0.717) is 10.8 Å². The molecule has 0 N–H and O–H groups in total. The molecular weight excluding hydrogens is 239 g/mol. The minimum absolute atomic E-state index is 0.329. The third kappa shape index (κ3) is 4.50. The van der Waals surface area contributed by atoms with E-state index in [1.807, 2.05) is 4.90 Å². The van der Waals surface area contributed by atoms with Crippen molar-refractivity contribution in [2.75, 3.05) is 18.0 Å². The molecule has 4 heteroatoms. The molecule has 0 atom stereocenters. The summed E-state index contributed by atoms with van der Waals surface area (Å²) in [6.07, 6.45) is 5.79. The van der Waals surface area contributed by atoms with E-state index in [1.165, 1.54) is 12.3 Å². The van der Waals surface area contributed by atoms with Gasteiger partial charge in [0.2, 0.25) is 0 Å². The number of rotatable bonds is 7. The first-order valence-electron chi connectivity index (χ1n) is 6.25. The number of nitrogens with zero attached hydrogens (tertiary/aromatic N) is 2. The second-order valence-electron chi connectivity index (χ2n) is 4.15.